The molecule has 1 amide bonds. The van der Waals surface area contributed by atoms with Crippen molar-refractivity contribution in [1.82, 2.24) is 20.1 Å². The van der Waals surface area contributed by atoms with Crippen LogP contribution in [-0.2, 0) is 7.05 Å². The van der Waals surface area contributed by atoms with E-state index < -0.39 is 0 Å². The van der Waals surface area contributed by atoms with Gasteiger partial charge < -0.3 is 9.88 Å². The van der Waals surface area contributed by atoms with Crippen LogP contribution in [0.25, 0.3) is 0 Å². The summed E-state index contributed by atoms with van der Waals surface area (Å²) in [6, 6.07) is 14.4. The molecular weight excluding hydrogens is 452 g/mol. The zero-order chi connectivity index (χ0) is 21.0. The van der Waals surface area contributed by atoms with E-state index in [1.165, 1.54) is 11.8 Å². The highest BCUT2D eigenvalue weighted by Gasteiger charge is 2.19. The number of benzene rings is 2. The summed E-state index contributed by atoms with van der Waals surface area (Å²) < 4.78 is 2.74. The Bertz CT molecular complexity index is 1030. The first-order valence-electron chi connectivity index (χ1n) is 9.04. The molecule has 0 aliphatic rings. The van der Waals surface area contributed by atoms with E-state index in [9.17, 15) is 9.59 Å². The van der Waals surface area contributed by atoms with Gasteiger partial charge in [-0.25, -0.2) is 0 Å². The van der Waals surface area contributed by atoms with E-state index in [1.807, 2.05) is 55.8 Å². The Morgan fingerprint density at radius 3 is 2.52 bits per heavy atom. The topological polar surface area (TPSA) is 76.9 Å². The third-order valence-corrected chi connectivity index (χ3v) is 6.04. The van der Waals surface area contributed by atoms with Crippen LogP contribution >= 0.6 is 27.7 Å². The van der Waals surface area contributed by atoms with E-state index in [1.54, 1.807) is 18.2 Å². The summed E-state index contributed by atoms with van der Waals surface area (Å²) in [5.41, 5.74) is 2.20. The number of thioether (sulfide) groups is 1. The molecule has 0 radical (unpaired) electrons. The Labute approximate surface area is 182 Å². The maximum absolute atomic E-state index is 12.5. The van der Waals surface area contributed by atoms with Crippen molar-refractivity contribution in [3.05, 3.63) is 75.5 Å². The SMILES string of the molecule is Cc1ccccc1C(=O)N[C@@H](C)c1nnc(SCC(=O)c2ccc(Br)cc2)n1C. The lowest BCUT2D eigenvalue weighted by molar-refractivity contribution is 0.0936. The van der Waals surface area contributed by atoms with Crippen molar-refractivity contribution < 1.29 is 9.59 Å². The van der Waals surface area contributed by atoms with Crippen molar-refractivity contribution in [3.63, 3.8) is 0 Å². The molecule has 8 heteroatoms. The highest BCUT2D eigenvalue weighted by molar-refractivity contribution is 9.10. The molecule has 1 N–H and O–H groups in total. The van der Waals surface area contributed by atoms with E-state index >= 15 is 0 Å². The van der Waals surface area contributed by atoms with Crippen LogP contribution in [0.3, 0.4) is 0 Å². The van der Waals surface area contributed by atoms with Gasteiger partial charge in [-0.2, -0.15) is 0 Å². The molecule has 0 fully saturated rings. The van der Waals surface area contributed by atoms with Gasteiger partial charge in [0.1, 0.15) is 0 Å². The second kappa shape index (κ2) is 9.37. The van der Waals surface area contributed by atoms with Crippen molar-refractivity contribution in [1.29, 1.82) is 0 Å². The standard InChI is InChI=1S/C21H21BrN4O2S/c1-13-6-4-5-7-17(13)20(28)23-14(2)19-24-25-21(26(19)3)29-12-18(27)15-8-10-16(22)11-9-15/h4-11,14H,12H2,1-3H3,(H,23,28)/t14-/m0/s1. The number of carbonyl (C=O) groups is 2. The number of amides is 1. The number of halogens is 1. The smallest absolute Gasteiger partial charge is 0.252 e. The van der Waals surface area contributed by atoms with Crippen molar-refractivity contribution >= 4 is 39.4 Å². The van der Waals surface area contributed by atoms with Gasteiger partial charge in [0.2, 0.25) is 0 Å². The molecule has 0 bridgehead atoms. The van der Waals surface area contributed by atoms with Crippen LogP contribution in [-0.4, -0.2) is 32.2 Å². The zero-order valence-electron chi connectivity index (χ0n) is 16.3. The van der Waals surface area contributed by atoms with Gasteiger partial charge in [-0.1, -0.05) is 58.0 Å². The average molecular weight is 473 g/mol. The normalized spacial score (nSPS) is 11.9. The van der Waals surface area contributed by atoms with Gasteiger partial charge in [-0.15, -0.1) is 10.2 Å². The molecule has 1 heterocycles. The molecule has 0 spiro atoms. The quantitative estimate of drug-likeness (QED) is 0.408. The largest absolute Gasteiger partial charge is 0.342 e. The predicted octanol–water partition coefficient (Wildman–Crippen LogP) is 4.35. The minimum absolute atomic E-state index is 0.0213. The predicted molar refractivity (Wildman–Crippen MR) is 117 cm³/mol. The monoisotopic (exact) mass is 472 g/mol. The average Bonchev–Trinajstić information content (AvgIpc) is 3.07. The first-order chi connectivity index (χ1) is 13.9. The van der Waals surface area contributed by atoms with Crippen LogP contribution in [0.4, 0.5) is 0 Å². The second-order valence-corrected chi connectivity index (χ2v) is 8.49. The molecule has 0 saturated carbocycles. The van der Waals surface area contributed by atoms with Crippen molar-refractivity contribution in [2.75, 3.05) is 5.75 Å². The van der Waals surface area contributed by atoms with Gasteiger partial charge in [0.05, 0.1) is 11.8 Å². The van der Waals surface area contributed by atoms with E-state index in [0.29, 0.717) is 22.1 Å². The van der Waals surface area contributed by atoms with Crippen LogP contribution < -0.4 is 5.32 Å². The van der Waals surface area contributed by atoms with Crippen molar-refractivity contribution in [2.24, 2.45) is 7.05 Å². The van der Waals surface area contributed by atoms with E-state index in [4.69, 9.17) is 0 Å². The van der Waals surface area contributed by atoms with Crippen molar-refractivity contribution in [2.45, 2.75) is 25.0 Å². The number of Topliss-reactive ketones (excluding diaryl/α,β-unsaturated/α-hetero) is 1. The molecule has 3 aromatic rings. The summed E-state index contributed by atoms with van der Waals surface area (Å²) in [7, 11) is 1.83. The van der Waals surface area contributed by atoms with Gasteiger partial charge in [-0.3, -0.25) is 9.59 Å². The highest BCUT2D eigenvalue weighted by Crippen LogP contribution is 2.21. The highest BCUT2D eigenvalue weighted by atomic mass is 79.9. The molecule has 0 unspecified atom stereocenters. The molecule has 0 aliphatic heterocycles. The summed E-state index contributed by atoms with van der Waals surface area (Å²) in [5.74, 6) is 0.758. The zero-order valence-corrected chi connectivity index (χ0v) is 18.8. The third kappa shape index (κ3) is 5.13. The number of ketones is 1. The summed E-state index contributed by atoms with van der Waals surface area (Å²) in [5, 5.41) is 12.0. The first kappa shape index (κ1) is 21.3. The fraction of sp³-hybridized carbons (Fsp3) is 0.238. The van der Waals surface area contributed by atoms with Crippen LogP contribution in [0.5, 0.6) is 0 Å². The molecule has 0 aliphatic carbocycles. The molecule has 0 saturated heterocycles. The van der Waals surface area contributed by atoms with Gasteiger partial charge in [0.15, 0.2) is 16.8 Å². The van der Waals surface area contributed by atoms with Crippen molar-refractivity contribution in [3.8, 4) is 0 Å². The lowest BCUT2D eigenvalue weighted by atomic mass is 10.1. The van der Waals surface area contributed by atoms with Crippen LogP contribution in [0, 0.1) is 6.92 Å². The fourth-order valence-electron chi connectivity index (χ4n) is 2.84. The number of aromatic nitrogens is 3. The summed E-state index contributed by atoms with van der Waals surface area (Å²) in [4.78, 5) is 24.9. The van der Waals surface area contributed by atoms with E-state index in [0.717, 1.165) is 10.0 Å². The van der Waals surface area contributed by atoms with Crippen LogP contribution in [0.2, 0.25) is 0 Å². The van der Waals surface area contributed by atoms with E-state index in [-0.39, 0.29) is 23.5 Å². The number of nitrogens with zero attached hydrogens (tertiary/aromatic N) is 3. The molecule has 2 aromatic carbocycles. The summed E-state index contributed by atoms with van der Waals surface area (Å²) in [6.07, 6.45) is 0. The lowest BCUT2D eigenvalue weighted by Crippen LogP contribution is -2.29. The Hall–Kier alpha value is -2.45. The maximum atomic E-state index is 12.5. The fourth-order valence-corrected chi connectivity index (χ4v) is 3.92. The Kier molecular flexibility index (Phi) is 6.87. The minimum Gasteiger partial charge on any atom is -0.342 e. The van der Waals surface area contributed by atoms with Crippen LogP contribution in [0.1, 0.15) is 45.1 Å². The molecule has 6 nitrogen and oxygen atoms in total. The molecule has 1 aromatic heterocycles. The van der Waals surface area contributed by atoms with Gasteiger partial charge in [0, 0.05) is 22.6 Å². The van der Waals surface area contributed by atoms with E-state index in [2.05, 4.69) is 31.4 Å². The number of hydrogen-bond acceptors (Lipinski definition) is 5. The number of nitrogens with one attached hydrogen (secondary N) is 1. The second-order valence-electron chi connectivity index (χ2n) is 6.63. The minimum atomic E-state index is -0.323. The van der Waals surface area contributed by atoms with Gasteiger partial charge >= 0.3 is 0 Å². The molecule has 29 heavy (non-hydrogen) atoms. The number of aryl methyl sites for hydroxylation is 1. The van der Waals surface area contributed by atoms with Gasteiger partial charge in [-0.05, 0) is 37.6 Å². The molecule has 1 atom stereocenters. The lowest BCUT2D eigenvalue weighted by Gasteiger charge is -2.14. The summed E-state index contributed by atoms with van der Waals surface area (Å²) >= 11 is 4.69. The number of rotatable bonds is 7. The molecular formula is C21H21BrN4O2S. The van der Waals surface area contributed by atoms with Gasteiger partial charge in [0.25, 0.3) is 5.91 Å². The number of hydrogen-bond donors (Lipinski definition) is 1. The first-order valence-corrected chi connectivity index (χ1v) is 10.8. The number of carbonyl (C=O) groups excluding carboxylic acids is 2. The maximum Gasteiger partial charge on any atom is 0.252 e. The molecule has 3 rings (SSSR count). The summed E-state index contributed by atoms with van der Waals surface area (Å²) in [6.45, 7) is 3.76. The van der Waals surface area contributed by atoms with Crippen LogP contribution in [0.15, 0.2) is 58.2 Å². The Morgan fingerprint density at radius 2 is 1.83 bits per heavy atom. The third-order valence-electron chi connectivity index (χ3n) is 4.49. The Morgan fingerprint density at radius 1 is 1.14 bits per heavy atom. The Balaban J connectivity index is 1.64. The molecule has 150 valence electrons.